The molecule has 7 nitrogen and oxygen atoms in total. The van der Waals surface area contributed by atoms with Gasteiger partial charge in [0.15, 0.2) is 8.24 Å². The number of fused-ring (bicyclic) bond motifs is 1. The molecule has 3 aromatic heterocycles. The summed E-state index contributed by atoms with van der Waals surface area (Å²) in [5.74, 6) is 0. The van der Waals surface area contributed by atoms with Crippen molar-refractivity contribution in [3.63, 3.8) is 0 Å². The van der Waals surface area contributed by atoms with Gasteiger partial charge in [0, 0.05) is 54.3 Å². The molecule has 39 heavy (non-hydrogen) atoms. The van der Waals surface area contributed by atoms with Gasteiger partial charge in [0.1, 0.15) is 5.65 Å². The van der Waals surface area contributed by atoms with Crippen LogP contribution in [-0.4, -0.2) is 49.2 Å². The lowest BCUT2D eigenvalue weighted by Crippen LogP contribution is -2.45. The molecule has 0 fully saturated rings. The van der Waals surface area contributed by atoms with Crippen LogP contribution < -0.4 is 4.90 Å². The molecule has 2 aromatic carbocycles. The predicted molar refractivity (Wildman–Crippen MR) is 162 cm³/mol. The molecule has 202 valence electrons. The summed E-state index contributed by atoms with van der Waals surface area (Å²) in [6, 6.07) is 18.9. The average Bonchev–Trinajstić information content (AvgIpc) is 3.54. The summed E-state index contributed by atoms with van der Waals surface area (Å²) in [6.07, 6.45) is 7.31. The Morgan fingerprint density at radius 3 is 2.13 bits per heavy atom. The topological polar surface area (TPSA) is 73.0 Å². The zero-order valence-corrected chi connectivity index (χ0v) is 25.4. The quantitative estimate of drug-likeness (QED) is 0.217. The van der Waals surface area contributed by atoms with Crippen molar-refractivity contribution >= 4 is 35.0 Å². The van der Waals surface area contributed by atoms with E-state index in [0.717, 1.165) is 43.1 Å². The van der Waals surface area contributed by atoms with Crippen molar-refractivity contribution in [1.82, 2.24) is 18.4 Å². The van der Waals surface area contributed by atoms with Gasteiger partial charge in [-0.15, -0.1) is 0 Å². The summed E-state index contributed by atoms with van der Waals surface area (Å²) in [5.41, 5.74) is 5.77. The largest absolute Gasteiger partial charge is 0.378 e. The van der Waals surface area contributed by atoms with E-state index in [1.165, 1.54) is 0 Å². The molecule has 5 aromatic rings. The first-order valence-corrected chi connectivity index (χ1v) is 17.3. The lowest BCUT2D eigenvalue weighted by atomic mass is 10.0. The van der Waals surface area contributed by atoms with Gasteiger partial charge in [-0.3, -0.25) is 0 Å². The molecule has 0 saturated heterocycles. The number of hydrogen-bond donors (Lipinski definition) is 0. The van der Waals surface area contributed by atoms with Gasteiger partial charge in [-0.1, -0.05) is 64.2 Å². The Morgan fingerprint density at radius 2 is 1.51 bits per heavy atom. The lowest BCUT2D eigenvalue weighted by Gasteiger charge is -2.38. The van der Waals surface area contributed by atoms with Crippen molar-refractivity contribution in [2.45, 2.75) is 43.8 Å². The maximum Gasteiger partial charge on any atom is 0.282 e. The van der Waals surface area contributed by atoms with Crippen LogP contribution in [0.5, 0.6) is 0 Å². The van der Waals surface area contributed by atoms with E-state index in [1.54, 1.807) is 42.7 Å². The summed E-state index contributed by atoms with van der Waals surface area (Å²) in [5, 5.41) is 5.33. The number of aromatic nitrogens is 4. The van der Waals surface area contributed by atoms with Crippen LogP contribution in [0.1, 0.15) is 20.8 Å². The third-order valence-electron chi connectivity index (χ3n) is 7.96. The minimum Gasteiger partial charge on any atom is -0.378 e. The molecular formula is C30H35N5O2SSi. The fourth-order valence-electron chi connectivity index (χ4n) is 4.51. The molecule has 5 rings (SSSR count). The number of pyridine rings is 1. The Balaban J connectivity index is 1.69. The molecule has 0 amide bonds. The zero-order valence-electron chi connectivity index (χ0n) is 23.5. The predicted octanol–water partition coefficient (Wildman–Crippen LogP) is 6.72. The molecule has 0 aliphatic rings. The highest BCUT2D eigenvalue weighted by Gasteiger charge is 2.39. The van der Waals surface area contributed by atoms with E-state index in [4.69, 9.17) is 4.98 Å². The summed E-state index contributed by atoms with van der Waals surface area (Å²) in [6.45, 7) is 11.5. The monoisotopic (exact) mass is 557 g/mol. The van der Waals surface area contributed by atoms with Gasteiger partial charge in [-0.2, -0.15) is 17.6 Å². The first-order valence-electron chi connectivity index (χ1n) is 13.0. The third kappa shape index (κ3) is 4.70. The SMILES string of the molecule is CN(C)c1ccc(-c2cnc3c(c2)c(-c2cnn(S(=O)(=O)c4ccccc4)c2)cn3[Si](C)(C)C(C)(C)C)cc1. The van der Waals surface area contributed by atoms with Crippen LogP contribution in [0.15, 0.2) is 90.3 Å². The fraction of sp³-hybridized carbons (Fsp3) is 0.267. The van der Waals surface area contributed by atoms with Crippen LogP contribution in [0.2, 0.25) is 18.1 Å². The number of hydrogen-bond acceptors (Lipinski definition) is 5. The van der Waals surface area contributed by atoms with E-state index in [0.29, 0.717) is 0 Å². The Hall–Kier alpha value is -3.69. The van der Waals surface area contributed by atoms with E-state index in [-0.39, 0.29) is 9.93 Å². The van der Waals surface area contributed by atoms with E-state index >= 15 is 0 Å². The Bertz CT molecular complexity index is 1750. The van der Waals surface area contributed by atoms with E-state index < -0.39 is 18.3 Å². The van der Waals surface area contributed by atoms with Gasteiger partial charge >= 0.3 is 0 Å². The Labute approximate surface area is 231 Å². The van der Waals surface area contributed by atoms with Gasteiger partial charge in [0.2, 0.25) is 0 Å². The Kier molecular flexibility index (Phi) is 6.55. The average molecular weight is 558 g/mol. The molecule has 3 heterocycles. The van der Waals surface area contributed by atoms with E-state index in [9.17, 15) is 8.42 Å². The molecule has 9 heteroatoms. The van der Waals surface area contributed by atoms with E-state index in [2.05, 4.69) is 84.6 Å². The minimum atomic E-state index is -3.80. The van der Waals surface area contributed by atoms with Crippen LogP contribution in [0.4, 0.5) is 5.69 Å². The molecule has 0 aliphatic heterocycles. The number of benzene rings is 2. The molecule has 0 radical (unpaired) electrons. The van der Waals surface area contributed by atoms with Crippen LogP contribution in [0.3, 0.4) is 0 Å². The lowest BCUT2D eigenvalue weighted by molar-refractivity contribution is 0.580. The van der Waals surface area contributed by atoms with Gasteiger partial charge in [-0.25, -0.2) is 4.98 Å². The highest BCUT2D eigenvalue weighted by molar-refractivity contribution is 7.89. The third-order valence-corrected chi connectivity index (χ3v) is 14.7. The van der Waals surface area contributed by atoms with Crippen molar-refractivity contribution in [3.8, 4) is 22.3 Å². The number of rotatable bonds is 6. The minimum absolute atomic E-state index is 0.0689. The maximum absolute atomic E-state index is 13.2. The summed E-state index contributed by atoms with van der Waals surface area (Å²) >= 11 is 0. The maximum atomic E-state index is 13.2. The van der Waals surface area contributed by atoms with Crippen molar-refractivity contribution in [2.75, 3.05) is 19.0 Å². The van der Waals surface area contributed by atoms with Crippen LogP contribution >= 0.6 is 0 Å². The highest BCUT2D eigenvalue weighted by atomic mass is 32.2. The van der Waals surface area contributed by atoms with Crippen molar-refractivity contribution < 1.29 is 8.42 Å². The van der Waals surface area contributed by atoms with Gasteiger partial charge in [-0.05, 0) is 40.9 Å². The first kappa shape index (κ1) is 26.9. The molecule has 0 unspecified atom stereocenters. The van der Waals surface area contributed by atoms with Crippen LogP contribution in [0.25, 0.3) is 33.3 Å². The van der Waals surface area contributed by atoms with Gasteiger partial charge in [0.25, 0.3) is 10.0 Å². The highest BCUT2D eigenvalue weighted by Crippen LogP contribution is 2.42. The standard InChI is InChI=1S/C30H35N5O2SSi/c1-30(2,3)39(6,7)34-21-28(24-19-32-35(20-24)38(36,37)26-11-9-8-10-12-26)27-17-23(18-31-29(27)34)22-13-15-25(16-14-22)33(4)5/h8-21H,1-7H3. The second-order valence-corrected chi connectivity index (χ2v) is 18.6. The summed E-state index contributed by atoms with van der Waals surface area (Å²) in [7, 11) is -1.80. The molecule has 0 spiro atoms. The normalized spacial score (nSPS) is 12.7. The molecule has 0 aliphatic carbocycles. The van der Waals surface area contributed by atoms with Gasteiger partial charge in [0.05, 0.1) is 17.3 Å². The van der Waals surface area contributed by atoms with E-state index in [1.807, 2.05) is 20.3 Å². The molecule has 0 saturated carbocycles. The molecule has 0 atom stereocenters. The Morgan fingerprint density at radius 1 is 0.846 bits per heavy atom. The number of nitrogens with zero attached hydrogens (tertiary/aromatic N) is 5. The summed E-state index contributed by atoms with van der Waals surface area (Å²) in [4.78, 5) is 7.26. The van der Waals surface area contributed by atoms with Crippen LogP contribution in [0, 0.1) is 0 Å². The first-order chi connectivity index (χ1) is 18.3. The van der Waals surface area contributed by atoms with Gasteiger partial charge < -0.3 is 9.13 Å². The van der Waals surface area contributed by atoms with Crippen LogP contribution in [-0.2, 0) is 10.0 Å². The fourth-order valence-corrected chi connectivity index (χ4v) is 7.53. The number of anilines is 1. The summed E-state index contributed by atoms with van der Waals surface area (Å²) < 4.78 is 29.9. The van der Waals surface area contributed by atoms with Crippen molar-refractivity contribution in [1.29, 1.82) is 0 Å². The molecular weight excluding hydrogens is 523 g/mol. The smallest absolute Gasteiger partial charge is 0.282 e. The molecule has 0 bridgehead atoms. The molecule has 0 N–H and O–H groups in total. The second-order valence-electron chi connectivity index (χ2n) is 11.7. The van der Waals surface area contributed by atoms with Crippen molar-refractivity contribution in [2.24, 2.45) is 0 Å². The zero-order chi connectivity index (χ0) is 28.2. The van der Waals surface area contributed by atoms with Crippen molar-refractivity contribution in [3.05, 3.63) is 85.5 Å². The second kappa shape index (κ2) is 9.50.